The monoisotopic (exact) mass is 265 g/mol. The molecule has 2 atom stereocenters. The Morgan fingerprint density at radius 3 is 3.11 bits per heavy atom. The van der Waals surface area contributed by atoms with Crippen LogP contribution in [0.4, 0.5) is 9.52 Å². The van der Waals surface area contributed by atoms with Crippen molar-refractivity contribution in [3.05, 3.63) is 24.0 Å². The first-order valence-electron chi connectivity index (χ1n) is 6.19. The molecule has 1 aromatic carbocycles. The third kappa shape index (κ3) is 2.08. The summed E-state index contributed by atoms with van der Waals surface area (Å²) < 4.78 is 14.1. The number of anilines is 1. The first-order chi connectivity index (χ1) is 8.63. The molecule has 0 aliphatic carbocycles. The van der Waals surface area contributed by atoms with Crippen molar-refractivity contribution in [2.75, 3.05) is 18.0 Å². The van der Waals surface area contributed by atoms with Gasteiger partial charge in [-0.25, -0.2) is 9.37 Å². The third-order valence-corrected chi connectivity index (χ3v) is 4.40. The average molecular weight is 265 g/mol. The zero-order chi connectivity index (χ0) is 12.7. The molecule has 2 aromatic rings. The van der Waals surface area contributed by atoms with Crippen LogP contribution in [-0.4, -0.2) is 30.2 Å². The van der Waals surface area contributed by atoms with Crippen molar-refractivity contribution < 1.29 is 4.39 Å². The Morgan fingerprint density at radius 1 is 1.44 bits per heavy atom. The molecule has 1 fully saturated rings. The molecule has 0 saturated carbocycles. The lowest BCUT2D eigenvalue weighted by Gasteiger charge is -2.37. The minimum Gasteiger partial charge on any atom is -0.343 e. The highest BCUT2D eigenvalue weighted by atomic mass is 32.1. The standard InChI is InChI=1S/C13H16FN3S/c1-8-7-17(9(2)6-15-8)13-16-11-4-3-10(14)5-12(11)18-13/h3-5,8-9,15H,6-7H2,1-2H3/t8-,9+/m1/s1. The fourth-order valence-electron chi connectivity index (χ4n) is 2.30. The predicted octanol–water partition coefficient (Wildman–Crippen LogP) is 2.62. The molecule has 1 aliphatic rings. The van der Waals surface area contributed by atoms with Crippen molar-refractivity contribution in [1.29, 1.82) is 0 Å². The molecule has 2 heterocycles. The van der Waals surface area contributed by atoms with Gasteiger partial charge in [0.1, 0.15) is 5.82 Å². The number of aromatic nitrogens is 1. The van der Waals surface area contributed by atoms with E-state index in [1.807, 2.05) is 0 Å². The van der Waals surface area contributed by atoms with E-state index >= 15 is 0 Å². The van der Waals surface area contributed by atoms with Crippen LogP contribution in [0.5, 0.6) is 0 Å². The van der Waals surface area contributed by atoms with Crippen LogP contribution in [0.1, 0.15) is 13.8 Å². The summed E-state index contributed by atoms with van der Waals surface area (Å²) >= 11 is 1.57. The average Bonchev–Trinajstić information content (AvgIpc) is 2.74. The van der Waals surface area contributed by atoms with E-state index in [4.69, 9.17) is 0 Å². The molecule has 1 saturated heterocycles. The zero-order valence-electron chi connectivity index (χ0n) is 10.5. The molecule has 0 radical (unpaired) electrons. The molecule has 3 nitrogen and oxygen atoms in total. The number of rotatable bonds is 1. The molecular weight excluding hydrogens is 249 g/mol. The third-order valence-electron chi connectivity index (χ3n) is 3.35. The van der Waals surface area contributed by atoms with Gasteiger partial charge >= 0.3 is 0 Å². The first-order valence-corrected chi connectivity index (χ1v) is 7.01. The van der Waals surface area contributed by atoms with Crippen LogP contribution in [0, 0.1) is 5.82 Å². The summed E-state index contributed by atoms with van der Waals surface area (Å²) in [6.45, 7) is 6.27. The van der Waals surface area contributed by atoms with Crippen molar-refractivity contribution >= 4 is 26.7 Å². The van der Waals surface area contributed by atoms with Gasteiger partial charge in [-0.05, 0) is 32.0 Å². The fourth-order valence-corrected chi connectivity index (χ4v) is 3.40. The highest BCUT2D eigenvalue weighted by molar-refractivity contribution is 7.22. The van der Waals surface area contributed by atoms with Crippen LogP contribution in [-0.2, 0) is 0 Å². The Kier molecular flexibility index (Phi) is 2.95. The highest BCUT2D eigenvalue weighted by Gasteiger charge is 2.24. The van der Waals surface area contributed by atoms with E-state index in [0.717, 1.165) is 28.4 Å². The van der Waals surface area contributed by atoms with Gasteiger partial charge in [-0.1, -0.05) is 11.3 Å². The summed E-state index contributed by atoms with van der Waals surface area (Å²) in [6.07, 6.45) is 0. The Morgan fingerprint density at radius 2 is 2.28 bits per heavy atom. The molecule has 1 N–H and O–H groups in total. The number of piperazine rings is 1. The number of benzene rings is 1. The van der Waals surface area contributed by atoms with E-state index in [9.17, 15) is 4.39 Å². The van der Waals surface area contributed by atoms with E-state index < -0.39 is 0 Å². The van der Waals surface area contributed by atoms with Gasteiger partial charge in [-0.15, -0.1) is 0 Å². The largest absolute Gasteiger partial charge is 0.343 e. The summed E-state index contributed by atoms with van der Waals surface area (Å²) in [5.74, 6) is -0.195. The second-order valence-electron chi connectivity index (χ2n) is 4.92. The maximum absolute atomic E-state index is 13.2. The van der Waals surface area contributed by atoms with Gasteiger partial charge in [0.15, 0.2) is 5.13 Å². The van der Waals surface area contributed by atoms with Crippen LogP contribution in [0.25, 0.3) is 10.2 Å². The molecular formula is C13H16FN3S. The summed E-state index contributed by atoms with van der Waals surface area (Å²) in [5.41, 5.74) is 0.884. The van der Waals surface area contributed by atoms with Gasteiger partial charge in [0.05, 0.1) is 10.2 Å². The van der Waals surface area contributed by atoms with Crippen molar-refractivity contribution in [3.8, 4) is 0 Å². The van der Waals surface area contributed by atoms with Gasteiger partial charge in [0.25, 0.3) is 0 Å². The summed E-state index contributed by atoms with van der Waals surface area (Å²) in [7, 11) is 0. The van der Waals surface area contributed by atoms with Crippen LogP contribution in [0.3, 0.4) is 0 Å². The summed E-state index contributed by atoms with van der Waals surface area (Å²) in [5, 5.41) is 4.45. The number of halogens is 1. The number of nitrogens with zero attached hydrogens (tertiary/aromatic N) is 2. The molecule has 0 amide bonds. The lowest BCUT2D eigenvalue weighted by Crippen LogP contribution is -2.54. The second-order valence-corrected chi connectivity index (χ2v) is 5.93. The molecule has 3 rings (SSSR count). The molecule has 18 heavy (non-hydrogen) atoms. The number of hydrogen-bond acceptors (Lipinski definition) is 4. The maximum atomic E-state index is 13.2. The Labute approximate surface area is 110 Å². The van der Waals surface area contributed by atoms with Crippen molar-refractivity contribution in [2.24, 2.45) is 0 Å². The SMILES string of the molecule is C[C@@H]1CN(c2nc3ccc(F)cc3s2)[C@@H](C)CN1. The van der Waals surface area contributed by atoms with E-state index in [2.05, 4.69) is 29.0 Å². The second kappa shape index (κ2) is 4.48. The van der Waals surface area contributed by atoms with Crippen molar-refractivity contribution in [1.82, 2.24) is 10.3 Å². The topological polar surface area (TPSA) is 28.2 Å². The predicted molar refractivity (Wildman–Crippen MR) is 73.9 cm³/mol. The Hall–Kier alpha value is -1.20. The molecule has 1 aliphatic heterocycles. The van der Waals surface area contributed by atoms with E-state index in [1.165, 1.54) is 6.07 Å². The molecule has 5 heteroatoms. The van der Waals surface area contributed by atoms with E-state index in [1.54, 1.807) is 23.5 Å². The highest BCUT2D eigenvalue weighted by Crippen LogP contribution is 2.31. The quantitative estimate of drug-likeness (QED) is 0.859. The smallest absolute Gasteiger partial charge is 0.186 e. The maximum Gasteiger partial charge on any atom is 0.186 e. The van der Waals surface area contributed by atoms with Crippen LogP contribution < -0.4 is 10.2 Å². The lowest BCUT2D eigenvalue weighted by molar-refractivity contribution is 0.425. The summed E-state index contributed by atoms with van der Waals surface area (Å²) in [6, 6.07) is 5.67. The van der Waals surface area contributed by atoms with Gasteiger partial charge in [0, 0.05) is 25.2 Å². The minimum absolute atomic E-state index is 0.195. The number of thiazole rings is 1. The molecule has 0 spiro atoms. The van der Waals surface area contributed by atoms with Crippen LogP contribution in [0.2, 0.25) is 0 Å². The van der Waals surface area contributed by atoms with E-state index in [0.29, 0.717) is 12.1 Å². The van der Waals surface area contributed by atoms with Crippen LogP contribution in [0.15, 0.2) is 18.2 Å². The number of hydrogen-bond donors (Lipinski definition) is 1. The first kappa shape index (κ1) is 11.9. The van der Waals surface area contributed by atoms with Gasteiger partial charge < -0.3 is 10.2 Å². The minimum atomic E-state index is -0.195. The fraction of sp³-hybridized carbons (Fsp3) is 0.462. The molecule has 96 valence electrons. The van der Waals surface area contributed by atoms with Crippen molar-refractivity contribution in [2.45, 2.75) is 25.9 Å². The van der Waals surface area contributed by atoms with Crippen molar-refractivity contribution in [3.63, 3.8) is 0 Å². The Balaban J connectivity index is 1.97. The molecule has 0 unspecified atom stereocenters. The molecule has 0 bridgehead atoms. The normalized spacial score (nSPS) is 24.7. The number of fused-ring (bicyclic) bond motifs is 1. The van der Waals surface area contributed by atoms with Crippen LogP contribution >= 0.6 is 11.3 Å². The Bertz CT molecular complexity index is 568. The van der Waals surface area contributed by atoms with Gasteiger partial charge in [0.2, 0.25) is 0 Å². The number of nitrogens with one attached hydrogen (secondary N) is 1. The van der Waals surface area contributed by atoms with E-state index in [-0.39, 0.29) is 5.82 Å². The lowest BCUT2D eigenvalue weighted by atomic mass is 10.1. The van der Waals surface area contributed by atoms with Gasteiger partial charge in [-0.3, -0.25) is 0 Å². The molecule has 1 aromatic heterocycles. The van der Waals surface area contributed by atoms with Gasteiger partial charge in [-0.2, -0.15) is 0 Å². The zero-order valence-corrected chi connectivity index (χ0v) is 11.3. The summed E-state index contributed by atoms with van der Waals surface area (Å²) in [4.78, 5) is 6.92.